The number of phenolic OH excluding ortho intramolecular Hbond substituents is 2. The summed E-state index contributed by atoms with van der Waals surface area (Å²) in [5.74, 6) is 0.172. The molecule has 0 aliphatic rings. The summed E-state index contributed by atoms with van der Waals surface area (Å²) in [6.07, 6.45) is 0.586. The topological polar surface area (TPSA) is 64.2 Å². The van der Waals surface area contributed by atoms with Crippen LogP contribution in [-0.2, 0) is 6.42 Å². The Morgan fingerprint density at radius 1 is 1.05 bits per heavy atom. The van der Waals surface area contributed by atoms with E-state index in [2.05, 4.69) is 6.07 Å². The molecule has 96 valence electrons. The van der Waals surface area contributed by atoms with Gasteiger partial charge in [-0.2, -0.15) is 5.26 Å². The number of nitrogens with zero attached hydrogens (tertiary/aromatic N) is 1. The monoisotopic (exact) mass is 253 g/mol. The van der Waals surface area contributed by atoms with E-state index in [1.54, 1.807) is 30.3 Å². The summed E-state index contributed by atoms with van der Waals surface area (Å²) in [6, 6.07) is 14.2. The highest BCUT2D eigenvalue weighted by atomic mass is 16.3. The molecule has 3 nitrogen and oxygen atoms in total. The van der Waals surface area contributed by atoms with Gasteiger partial charge in [-0.05, 0) is 54.3 Å². The second kappa shape index (κ2) is 5.45. The van der Waals surface area contributed by atoms with Crippen molar-refractivity contribution in [1.82, 2.24) is 0 Å². The first-order chi connectivity index (χ1) is 9.10. The zero-order valence-electron chi connectivity index (χ0n) is 10.7. The van der Waals surface area contributed by atoms with E-state index in [1.165, 1.54) is 0 Å². The molecule has 1 atom stereocenters. The van der Waals surface area contributed by atoms with Gasteiger partial charge >= 0.3 is 0 Å². The number of phenols is 2. The number of aromatic hydroxyl groups is 2. The molecule has 0 saturated heterocycles. The predicted molar refractivity (Wildman–Crippen MR) is 73.0 cm³/mol. The van der Waals surface area contributed by atoms with Gasteiger partial charge < -0.3 is 10.2 Å². The lowest BCUT2D eigenvalue weighted by Gasteiger charge is -2.13. The van der Waals surface area contributed by atoms with Gasteiger partial charge in [0.2, 0.25) is 0 Å². The molecule has 3 heteroatoms. The SMILES string of the molecule is Cc1cc(O)ccc1C(C#N)Cc1ccc(O)cc1. The van der Waals surface area contributed by atoms with Gasteiger partial charge in [-0.1, -0.05) is 18.2 Å². The molecule has 0 fully saturated rings. The van der Waals surface area contributed by atoms with Gasteiger partial charge in [0.15, 0.2) is 0 Å². The van der Waals surface area contributed by atoms with Crippen LogP contribution >= 0.6 is 0 Å². The second-order valence-corrected chi connectivity index (χ2v) is 4.59. The number of nitriles is 1. The van der Waals surface area contributed by atoms with E-state index in [1.807, 2.05) is 19.1 Å². The minimum atomic E-state index is -0.259. The molecule has 2 N–H and O–H groups in total. The van der Waals surface area contributed by atoms with Crippen molar-refractivity contribution in [2.24, 2.45) is 0 Å². The standard InChI is InChI=1S/C16H15NO2/c1-11-8-15(19)6-7-16(11)13(10-17)9-12-2-4-14(18)5-3-12/h2-8,13,18-19H,9H2,1H3. The molecule has 0 heterocycles. The molecule has 0 bridgehead atoms. The fourth-order valence-electron chi connectivity index (χ4n) is 2.14. The highest BCUT2D eigenvalue weighted by Gasteiger charge is 2.14. The first kappa shape index (κ1) is 13.0. The van der Waals surface area contributed by atoms with Crippen LogP contribution < -0.4 is 0 Å². The first-order valence-corrected chi connectivity index (χ1v) is 6.07. The Balaban J connectivity index is 2.25. The Hall–Kier alpha value is -2.47. The van der Waals surface area contributed by atoms with Gasteiger partial charge in [0.25, 0.3) is 0 Å². The molecule has 0 spiro atoms. The third-order valence-corrected chi connectivity index (χ3v) is 3.16. The zero-order valence-corrected chi connectivity index (χ0v) is 10.7. The van der Waals surface area contributed by atoms with Crippen LogP contribution in [0.1, 0.15) is 22.6 Å². The first-order valence-electron chi connectivity index (χ1n) is 6.07. The zero-order chi connectivity index (χ0) is 13.8. The largest absolute Gasteiger partial charge is 0.508 e. The summed E-state index contributed by atoms with van der Waals surface area (Å²) in [6.45, 7) is 1.89. The Kier molecular flexibility index (Phi) is 3.72. The summed E-state index contributed by atoms with van der Waals surface area (Å²) < 4.78 is 0. The van der Waals surface area contributed by atoms with Gasteiger partial charge in [0.05, 0.1) is 12.0 Å². The summed E-state index contributed by atoms with van der Waals surface area (Å²) >= 11 is 0. The molecule has 0 amide bonds. The van der Waals surface area contributed by atoms with Crippen molar-refractivity contribution in [3.8, 4) is 17.6 Å². The van der Waals surface area contributed by atoms with Crippen LogP contribution in [0, 0.1) is 18.3 Å². The summed E-state index contributed by atoms with van der Waals surface area (Å²) in [7, 11) is 0. The maximum atomic E-state index is 9.40. The molecule has 2 rings (SSSR count). The van der Waals surface area contributed by atoms with Crippen LogP contribution in [0.15, 0.2) is 42.5 Å². The smallest absolute Gasteiger partial charge is 0.115 e. The Morgan fingerprint density at radius 2 is 1.68 bits per heavy atom. The Morgan fingerprint density at radius 3 is 2.26 bits per heavy atom. The van der Waals surface area contributed by atoms with Gasteiger partial charge in [-0.15, -0.1) is 0 Å². The minimum Gasteiger partial charge on any atom is -0.508 e. The highest BCUT2D eigenvalue weighted by Crippen LogP contribution is 2.26. The molecule has 2 aromatic carbocycles. The van der Waals surface area contributed by atoms with Crippen molar-refractivity contribution in [2.75, 3.05) is 0 Å². The van der Waals surface area contributed by atoms with Crippen LogP contribution in [0.25, 0.3) is 0 Å². The summed E-state index contributed by atoms with van der Waals surface area (Å²) in [4.78, 5) is 0. The average Bonchev–Trinajstić information content (AvgIpc) is 2.39. The van der Waals surface area contributed by atoms with E-state index in [9.17, 15) is 15.5 Å². The van der Waals surface area contributed by atoms with Crippen LogP contribution in [-0.4, -0.2) is 10.2 Å². The molecule has 0 aromatic heterocycles. The lowest BCUT2D eigenvalue weighted by molar-refractivity contribution is 0.474. The minimum absolute atomic E-state index is 0.211. The highest BCUT2D eigenvalue weighted by molar-refractivity contribution is 5.40. The van der Waals surface area contributed by atoms with Crippen molar-refractivity contribution in [3.63, 3.8) is 0 Å². The van der Waals surface area contributed by atoms with E-state index in [-0.39, 0.29) is 17.4 Å². The van der Waals surface area contributed by atoms with Crippen LogP contribution in [0.3, 0.4) is 0 Å². The van der Waals surface area contributed by atoms with E-state index < -0.39 is 0 Å². The number of rotatable bonds is 3. The number of benzene rings is 2. The van der Waals surface area contributed by atoms with E-state index in [0.29, 0.717) is 6.42 Å². The molecule has 0 aliphatic heterocycles. The molecule has 2 aromatic rings. The fraction of sp³-hybridized carbons (Fsp3) is 0.188. The normalized spacial score (nSPS) is 11.8. The summed E-state index contributed by atoms with van der Waals surface area (Å²) in [5.41, 5.74) is 2.83. The molecule has 0 radical (unpaired) electrons. The van der Waals surface area contributed by atoms with Crippen LogP contribution in [0.2, 0.25) is 0 Å². The molecule has 19 heavy (non-hydrogen) atoms. The molecular formula is C16H15NO2. The molecule has 0 saturated carbocycles. The van der Waals surface area contributed by atoms with Crippen LogP contribution in [0.5, 0.6) is 11.5 Å². The predicted octanol–water partition coefficient (Wildman–Crippen LogP) is 3.26. The van der Waals surface area contributed by atoms with Crippen LogP contribution in [0.4, 0.5) is 0 Å². The third-order valence-electron chi connectivity index (χ3n) is 3.16. The van der Waals surface area contributed by atoms with E-state index in [0.717, 1.165) is 16.7 Å². The maximum Gasteiger partial charge on any atom is 0.115 e. The van der Waals surface area contributed by atoms with E-state index in [4.69, 9.17) is 0 Å². The quantitative estimate of drug-likeness (QED) is 0.882. The second-order valence-electron chi connectivity index (χ2n) is 4.59. The Labute approximate surface area is 112 Å². The van der Waals surface area contributed by atoms with Gasteiger partial charge in [-0.3, -0.25) is 0 Å². The number of aryl methyl sites for hydroxylation is 1. The van der Waals surface area contributed by atoms with Crippen molar-refractivity contribution >= 4 is 0 Å². The van der Waals surface area contributed by atoms with Crippen molar-refractivity contribution in [1.29, 1.82) is 5.26 Å². The van der Waals surface area contributed by atoms with Crippen molar-refractivity contribution < 1.29 is 10.2 Å². The molecular weight excluding hydrogens is 238 g/mol. The van der Waals surface area contributed by atoms with Gasteiger partial charge in [0, 0.05) is 0 Å². The third kappa shape index (κ3) is 3.05. The fourth-order valence-corrected chi connectivity index (χ4v) is 2.14. The van der Waals surface area contributed by atoms with Gasteiger partial charge in [-0.25, -0.2) is 0 Å². The molecule has 0 aliphatic carbocycles. The van der Waals surface area contributed by atoms with Gasteiger partial charge in [0.1, 0.15) is 11.5 Å². The maximum absolute atomic E-state index is 9.40. The number of hydrogen-bond donors (Lipinski definition) is 2. The Bertz CT molecular complexity index is 612. The molecule has 1 unspecified atom stereocenters. The van der Waals surface area contributed by atoms with Crippen molar-refractivity contribution in [2.45, 2.75) is 19.3 Å². The lowest BCUT2D eigenvalue weighted by Crippen LogP contribution is -2.02. The van der Waals surface area contributed by atoms with Crippen molar-refractivity contribution in [3.05, 3.63) is 59.2 Å². The van der Waals surface area contributed by atoms with E-state index >= 15 is 0 Å². The average molecular weight is 253 g/mol. The number of hydrogen-bond acceptors (Lipinski definition) is 3. The lowest BCUT2D eigenvalue weighted by atomic mass is 9.90. The summed E-state index contributed by atoms with van der Waals surface area (Å²) in [5, 5.41) is 28.0.